The van der Waals surface area contributed by atoms with Crippen LogP contribution < -0.4 is 10.2 Å². The molecule has 1 N–H and O–H groups in total. The molecule has 5 nitrogen and oxygen atoms in total. The fourth-order valence-electron chi connectivity index (χ4n) is 3.28. The second kappa shape index (κ2) is 9.30. The van der Waals surface area contributed by atoms with Gasteiger partial charge in [0.15, 0.2) is 0 Å². The molecule has 0 unspecified atom stereocenters. The van der Waals surface area contributed by atoms with Gasteiger partial charge in [0.1, 0.15) is 11.6 Å². The van der Waals surface area contributed by atoms with Crippen LogP contribution >= 0.6 is 0 Å². The van der Waals surface area contributed by atoms with E-state index in [9.17, 15) is 4.39 Å². The van der Waals surface area contributed by atoms with Crippen LogP contribution in [0.3, 0.4) is 0 Å². The van der Waals surface area contributed by atoms with Crippen molar-refractivity contribution in [1.29, 1.82) is 0 Å². The van der Waals surface area contributed by atoms with Crippen molar-refractivity contribution >= 4 is 23.5 Å². The van der Waals surface area contributed by atoms with Gasteiger partial charge in [0, 0.05) is 44.6 Å². The van der Waals surface area contributed by atoms with Gasteiger partial charge in [-0.2, -0.15) is 4.98 Å². The summed E-state index contributed by atoms with van der Waals surface area (Å²) in [5.74, 6) is 1.17. The lowest BCUT2D eigenvalue weighted by Crippen LogP contribution is -2.46. The van der Waals surface area contributed by atoms with Gasteiger partial charge < -0.3 is 10.2 Å². The summed E-state index contributed by atoms with van der Waals surface area (Å²) in [6.07, 6.45) is 6.14. The summed E-state index contributed by atoms with van der Waals surface area (Å²) in [7, 11) is 0. The van der Waals surface area contributed by atoms with E-state index in [0.29, 0.717) is 5.82 Å². The molecule has 2 aromatic carbocycles. The molecule has 1 aliphatic heterocycles. The zero-order valence-corrected chi connectivity index (χ0v) is 16.2. The summed E-state index contributed by atoms with van der Waals surface area (Å²) in [6.45, 7) is 4.66. The van der Waals surface area contributed by atoms with Crippen molar-refractivity contribution in [2.45, 2.75) is 0 Å². The minimum Gasteiger partial charge on any atom is -0.340 e. The highest BCUT2D eigenvalue weighted by atomic mass is 19.1. The van der Waals surface area contributed by atoms with Gasteiger partial charge in [0.25, 0.3) is 0 Å². The Hall–Kier alpha value is -3.25. The summed E-state index contributed by atoms with van der Waals surface area (Å²) in [4.78, 5) is 13.7. The summed E-state index contributed by atoms with van der Waals surface area (Å²) < 4.78 is 13.1. The fourth-order valence-corrected chi connectivity index (χ4v) is 3.28. The number of nitrogens with zero attached hydrogens (tertiary/aromatic N) is 4. The van der Waals surface area contributed by atoms with E-state index in [1.54, 1.807) is 18.3 Å². The van der Waals surface area contributed by atoms with Gasteiger partial charge in [0.05, 0.1) is 0 Å². The van der Waals surface area contributed by atoms with Crippen molar-refractivity contribution in [2.24, 2.45) is 0 Å². The van der Waals surface area contributed by atoms with Gasteiger partial charge in [-0.25, -0.2) is 9.37 Å². The number of aromatic nitrogens is 2. The Balaban J connectivity index is 1.30. The van der Waals surface area contributed by atoms with E-state index in [-0.39, 0.29) is 5.82 Å². The molecule has 2 heterocycles. The molecule has 148 valence electrons. The smallest absolute Gasteiger partial charge is 0.227 e. The molecule has 0 saturated carbocycles. The molecule has 6 heteroatoms. The SMILES string of the molecule is Fc1ccc(Nc2ccnc(N3CCN(C/C=C/c4ccccc4)CC3)n2)cc1. The molecule has 1 aromatic heterocycles. The first-order valence-electron chi connectivity index (χ1n) is 9.81. The molecule has 0 radical (unpaired) electrons. The van der Waals surface area contributed by atoms with E-state index < -0.39 is 0 Å². The summed E-state index contributed by atoms with van der Waals surface area (Å²) in [5.41, 5.74) is 2.02. The Labute approximate surface area is 170 Å². The van der Waals surface area contributed by atoms with Crippen LogP contribution in [0.1, 0.15) is 5.56 Å². The van der Waals surface area contributed by atoms with E-state index in [0.717, 1.165) is 44.4 Å². The van der Waals surface area contributed by atoms with Crippen LogP contribution in [0.5, 0.6) is 0 Å². The second-order valence-corrected chi connectivity index (χ2v) is 6.97. The topological polar surface area (TPSA) is 44.3 Å². The van der Waals surface area contributed by atoms with E-state index in [1.165, 1.54) is 17.7 Å². The molecule has 0 amide bonds. The van der Waals surface area contributed by atoms with Gasteiger partial charge in [-0.05, 0) is 35.9 Å². The molecule has 29 heavy (non-hydrogen) atoms. The Kier molecular flexibility index (Phi) is 6.12. The molecule has 0 bridgehead atoms. The lowest BCUT2D eigenvalue weighted by Gasteiger charge is -2.34. The van der Waals surface area contributed by atoms with Gasteiger partial charge in [-0.3, -0.25) is 4.90 Å². The van der Waals surface area contributed by atoms with Crippen LogP contribution in [-0.2, 0) is 0 Å². The Morgan fingerprint density at radius 1 is 0.931 bits per heavy atom. The Morgan fingerprint density at radius 2 is 1.69 bits per heavy atom. The minimum absolute atomic E-state index is 0.254. The summed E-state index contributed by atoms with van der Waals surface area (Å²) >= 11 is 0. The van der Waals surface area contributed by atoms with Crippen molar-refractivity contribution in [3.63, 3.8) is 0 Å². The van der Waals surface area contributed by atoms with Crippen LogP contribution in [0, 0.1) is 5.82 Å². The van der Waals surface area contributed by atoms with Crippen LogP contribution in [0.25, 0.3) is 6.08 Å². The van der Waals surface area contributed by atoms with Gasteiger partial charge >= 0.3 is 0 Å². The normalized spacial score (nSPS) is 15.0. The van der Waals surface area contributed by atoms with E-state index in [2.05, 4.69) is 61.5 Å². The quantitative estimate of drug-likeness (QED) is 0.685. The van der Waals surface area contributed by atoms with Crippen LogP contribution in [0.2, 0.25) is 0 Å². The predicted octanol–water partition coefficient (Wildman–Crippen LogP) is 4.19. The number of piperazine rings is 1. The molecule has 1 aliphatic rings. The van der Waals surface area contributed by atoms with Crippen molar-refractivity contribution in [1.82, 2.24) is 14.9 Å². The molecule has 0 atom stereocenters. The minimum atomic E-state index is -0.254. The standard InChI is InChI=1S/C23H24FN5/c24-20-8-10-21(11-9-20)26-22-12-13-25-23(27-22)29-17-15-28(16-18-29)14-4-7-19-5-2-1-3-6-19/h1-13H,14-18H2,(H,25,26,27)/b7-4+. The highest BCUT2D eigenvalue weighted by Gasteiger charge is 2.18. The van der Waals surface area contributed by atoms with Crippen molar-refractivity contribution < 1.29 is 4.39 Å². The second-order valence-electron chi connectivity index (χ2n) is 6.97. The first kappa shape index (κ1) is 19.1. The van der Waals surface area contributed by atoms with E-state index in [4.69, 9.17) is 0 Å². The average molecular weight is 389 g/mol. The van der Waals surface area contributed by atoms with Crippen LogP contribution in [-0.4, -0.2) is 47.6 Å². The first-order valence-corrected chi connectivity index (χ1v) is 9.81. The number of anilines is 3. The fraction of sp³-hybridized carbons (Fsp3) is 0.217. The number of hydrogen-bond acceptors (Lipinski definition) is 5. The molecule has 1 saturated heterocycles. The third-order valence-corrected chi connectivity index (χ3v) is 4.89. The van der Waals surface area contributed by atoms with Gasteiger partial charge in [0.2, 0.25) is 5.95 Å². The van der Waals surface area contributed by atoms with Crippen molar-refractivity contribution in [3.8, 4) is 0 Å². The largest absolute Gasteiger partial charge is 0.340 e. The van der Waals surface area contributed by atoms with Crippen LogP contribution in [0.4, 0.5) is 21.8 Å². The molecule has 0 spiro atoms. The molecule has 1 fully saturated rings. The third kappa shape index (κ3) is 5.39. The van der Waals surface area contributed by atoms with E-state index in [1.807, 2.05) is 12.1 Å². The van der Waals surface area contributed by atoms with Gasteiger partial charge in [-0.15, -0.1) is 0 Å². The van der Waals surface area contributed by atoms with E-state index >= 15 is 0 Å². The Bertz CT molecular complexity index is 935. The average Bonchev–Trinajstić information content (AvgIpc) is 2.77. The number of nitrogens with one attached hydrogen (secondary N) is 1. The molecule has 3 aromatic rings. The number of halogens is 1. The predicted molar refractivity (Wildman–Crippen MR) is 116 cm³/mol. The zero-order valence-electron chi connectivity index (χ0n) is 16.2. The Morgan fingerprint density at radius 3 is 2.45 bits per heavy atom. The number of hydrogen-bond donors (Lipinski definition) is 1. The van der Waals surface area contributed by atoms with Crippen molar-refractivity contribution in [2.75, 3.05) is 42.9 Å². The maximum atomic E-state index is 13.1. The maximum absolute atomic E-state index is 13.1. The lowest BCUT2D eigenvalue weighted by molar-refractivity contribution is 0.283. The van der Waals surface area contributed by atoms with Gasteiger partial charge in [-0.1, -0.05) is 42.5 Å². The molecular weight excluding hydrogens is 365 g/mol. The van der Waals surface area contributed by atoms with Crippen LogP contribution in [0.15, 0.2) is 72.9 Å². The summed E-state index contributed by atoms with van der Waals surface area (Å²) in [5, 5.41) is 3.20. The maximum Gasteiger partial charge on any atom is 0.227 e. The number of rotatable bonds is 6. The summed E-state index contributed by atoms with van der Waals surface area (Å²) in [6, 6.07) is 18.4. The zero-order chi connectivity index (χ0) is 19.9. The lowest BCUT2D eigenvalue weighted by atomic mass is 10.2. The highest BCUT2D eigenvalue weighted by Crippen LogP contribution is 2.18. The highest BCUT2D eigenvalue weighted by molar-refractivity contribution is 5.56. The van der Waals surface area contributed by atoms with Crippen molar-refractivity contribution in [3.05, 3.63) is 84.3 Å². The number of benzene rings is 2. The molecular formula is C23H24FN5. The molecule has 4 rings (SSSR count). The first-order chi connectivity index (χ1) is 14.3. The molecule has 0 aliphatic carbocycles. The third-order valence-electron chi connectivity index (χ3n) is 4.89. The monoisotopic (exact) mass is 389 g/mol.